The molecule has 1 nitrogen and oxygen atoms in total. The van der Waals surface area contributed by atoms with Gasteiger partial charge in [0.05, 0.1) is 0 Å². The fourth-order valence-corrected chi connectivity index (χ4v) is 1.67. The van der Waals surface area contributed by atoms with Crippen molar-refractivity contribution in [1.82, 2.24) is 0 Å². The zero-order chi connectivity index (χ0) is 8.91. The summed E-state index contributed by atoms with van der Waals surface area (Å²) in [5, 5.41) is 0. The van der Waals surface area contributed by atoms with Gasteiger partial charge in [-0.25, -0.2) is 0 Å². The van der Waals surface area contributed by atoms with Gasteiger partial charge in [-0.2, -0.15) is 0 Å². The molecule has 2 heteroatoms. The molecule has 60 valence electrons. The van der Waals surface area contributed by atoms with Crippen molar-refractivity contribution in [2.75, 3.05) is 0 Å². The highest BCUT2D eigenvalue weighted by Crippen LogP contribution is 2.08. The van der Waals surface area contributed by atoms with Gasteiger partial charge < -0.3 is 4.43 Å². The first-order valence-electron chi connectivity index (χ1n) is 3.57. The quantitative estimate of drug-likeness (QED) is 0.459. The Hall–Kier alpha value is -0.703. The van der Waals surface area contributed by atoms with E-state index in [4.69, 9.17) is 17.3 Å². The van der Waals surface area contributed by atoms with Crippen molar-refractivity contribution in [3.8, 4) is 24.7 Å². The second-order valence-electron chi connectivity index (χ2n) is 3.29. The minimum Gasteiger partial charge on any atom is -0.403 e. The van der Waals surface area contributed by atoms with E-state index in [1.54, 1.807) is 0 Å². The van der Waals surface area contributed by atoms with Crippen LogP contribution in [-0.2, 0) is 4.43 Å². The van der Waals surface area contributed by atoms with Crippen molar-refractivity contribution < 1.29 is 4.43 Å². The molecule has 0 aromatic heterocycles. The first-order chi connectivity index (χ1) is 4.99. The Kier molecular flexibility index (Phi) is 3.96. The van der Waals surface area contributed by atoms with Gasteiger partial charge in [-0.3, -0.25) is 0 Å². The van der Waals surface area contributed by atoms with E-state index < -0.39 is 8.32 Å². The summed E-state index contributed by atoms with van der Waals surface area (Å²) in [6.07, 6.45) is 10.7. The molecular formula is C9H14OSi. The molecular weight excluding hydrogens is 152 g/mol. The Morgan fingerprint density at radius 2 is 1.91 bits per heavy atom. The lowest BCUT2D eigenvalue weighted by Gasteiger charge is -2.20. The molecule has 0 aliphatic carbocycles. The predicted octanol–water partition coefficient (Wildman–Crippen LogP) is 1.86. The standard InChI is InChI=1S/C9H14OSi/c1-6-8-9(7-2)10-11(3,4)5/h1-2,9H,8H2,3-5H3. The van der Waals surface area contributed by atoms with Crippen LogP contribution in [0.15, 0.2) is 0 Å². The van der Waals surface area contributed by atoms with Gasteiger partial charge in [0.2, 0.25) is 0 Å². The summed E-state index contributed by atoms with van der Waals surface area (Å²) in [4.78, 5) is 0. The summed E-state index contributed by atoms with van der Waals surface area (Å²) in [5.74, 6) is 5.03. The minimum absolute atomic E-state index is 0.188. The van der Waals surface area contributed by atoms with Crippen molar-refractivity contribution in [3.05, 3.63) is 0 Å². The number of hydrogen-bond acceptors (Lipinski definition) is 1. The van der Waals surface area contributed by atoms with E-state index in [0.29, 0.717) is 6.42 Å². The maximum Gasteiger partial charge on any atom is 0.185 e. The number of hydrogen-bond donors (Lipinski definition) is 0. The first-order valence-corrected chi connectivity index (χ1v) is 6.98. The van der Waals surface area contributed by atoms with Gasteiger partial charge in [0.25, 0.3) is 0 Å². The van der Waals surface area contributed by atoms with Crippen LogP contribution in [0.4, 0.5) is 0 Å². The van der Waals surface area contributed by atoms with Crippen LogP contribution < -0.4 is 0 Å². The van der Waals surface area contributed by atoms with Crippen LogP contribution in [0.1, 0.15) is 6.42 Å². The van der Waals surface area contributed by atoms with Gasteiger partial charge in [0.15, 0.2) is 8.32 Å². The molecule has 0 aromatic rings. The van der Waals surface area contributed by atoms with E-state index in [1.807, 2.05) is 0 Å². The molecule has 0 aliphatic heterocycles. The fraction of sp³-hybridized carbons (Fsp3) is 0.556. The number of terminal acetylenes is 2. The summed E-state index contributed by atoms with van der Waals surface area (Å²) in [6.45, 7) is 6.27. The molecule has 11 heavy (non-hydrogen) atoms. The molecule has 0 rings (SSSR count). The fourth-order valence-electron chi connectivity index (χ4n) is 0.668. The highest BCUT2D eigenvalue weighted by molar-refractivity contribution is 6.69. The lowest BCUT2D eigenvalue weighted by molar-refractivity contribution is 0.257. The van der Waals surface area contributed by atoms with E-state index in [-0.39, 0.29) is 6.10 Å². The lowest BCUT2D eigenvalue weighted by atomic mass is 10.3. The van der Waals surface area contributed by atoms with Crippen LogP contribution in [-0.4, -0.2) is 14.4 Å². The third-order valence-electron chi connectivity index (χ3n) is 0.985. The summed E-state index contributed by atoms with van der Waals surface area (Å²) < 4.78 is 5.59. The monoisotopic (exact) mass is 166 g/mol. The molecule has 0 spiro atoms. The van der Waals surface area contributed by atoms with Crippen LogP contribution in [0, 0.1) is 24.7 Å². The van der Waals surface area contributed by atoms with E-state index in [9.17, 15) is 0 Å². The maximum absolute atomic E-state index is 5.59. The van der Waals surface area contributed by atoms with Crippen LogP contribution in [0.25, 0.3) is 0 Å². The van der Waals surface area contributed by atoms with Crippen molar-refractivity contribution in [3.63, 3.8) is 0 Å². The first kappa shape index (κ1) is 10.3. The van der Waals surface area contributed by atoms with Crippen molar-refractivity contribution in [2.45, 2.75) is 32.2 Å². The second kappa shape index (κ2) is 4.23. The average molecular weight is 166 g/mol. The van der Waals surface area contributed by atoms with Gasteiger partial charge >= 0.3 is 0 Å². The molecule has 0 amide bonds. The minimum atomic E-state index is -1.52. The van der Waals surface area contributed by atoms with Crippen LogP contribution in [0.3, 0.4) is 0 Å². The third-order valence-corrected chi connectivity index (χ3v) is 1.98. The topological polar surface area (TPSA) is 9.23 Å². The zero-order valence-electron chi connectivity index (χ0n) is 7.35. The van der Waals surface area contributed by atoms with Crippen LogP contribution in [0.5, 0.6) is 0 Å². The van der Waals surface area contributed by atoms with E-state index in [0.717, 1.165) is 0 Å². The Morgan fingerprint density at radius 3 is 2.18 bits per heavy atom. The molecule has 0 N–H and O–H groups in total. The second-order valence-corrected chi connectivity index (χ2v) is 7.75. The highest BCUT2D eigenvalue weighted by Gasteiger charge is 2.18. The molecule has 1 atom stereocenters. The van der Waals surface area contributed by atoms with E-state index >= 15 is 0 Å². The molecule has 0 bridgehead atoms. The maximum atomic E-state index is 5.59. The molecule has 0 saturated heterocycles. The summed E-state index contributed by atoms with van der Waals surface area (Å²) in [6, 6.07) is 0. The van der Waals surface area contributed by atoms with Crippen molar-refractivity contribution in [2.24, 2.45) is 0 Å². The Morgan fingerprint density at radius 1 is 1.36 bits per heavy atom. The third kappa shape index (κ3) is 5.73. The van der Waals surface area contributed by atoms with E-state index in [1.165, 1.54) is 0 Å². The number of rotatable bonds is 3. The Bertz CT molecular complexity index is 189. The smallest absolute Gasteiger partial charge is 0.185 e. The van der Waals surface area contributed by atoms with Crippen molar-refractivity contribution >= 4 is 8.32 Å². The van der Waals surface area contributed by atoms with Crippen molar-refractivity contribution in [1.29, 1.82) is 0 Å². The predicted molar refractivity (Wildman–Crippen MR) is 50.5 cm³/mol. The zero-order valence-corrected chi connectivity index (χ0v) is 8.35. The molecule has 0 aliphatic rings. The Balaban J connectivity index is 3.93. The molecule has 0 aromatic carbocycles. The lowest BCUT2D eigenvalue weighted by Crippen LogP contribution is -2.31. The average Bonchev–Trinajstić information content (AvgIpc) is 1.84. The Labute approximate surface area is 70.3 Å². The molecule has 0 radical (unpaired) electrons. The van der Waals surface area contributed by atoms with Gasteiger partial charge in [0, 0.05) is 6.42 Å². The molecule has 0 saturated carbocycles. The van der Waals surface area contributed by atoms with Gasteiger partial charge in [-0.1, -0.05) is 5.92 Å². The molecule has 0 heterocycles. The summed E-state index contributed by atoms with van der Waals surface area (Å²) >= 11 is 0. The van der Waals surface area contributed by atoms with Crippen LogP contribution in [0.2, 0.25) is 19.6 Å². The molecule has 0 fully saturated rings. The SMILES string of the molecule is C#CCC(C#C)O[Si](C)(C)C. The largest absolute Gasteiger partial charge is 0.403 e. The van der Waals surface area contributed by atoms with Gasteiger partial charge in [0.1, 0.15) is 6.10 Å². The summed E-state index contributed by atoms with van der Waals surface area (Å²) in [7, 11) is -1.52. The highest BCUT2D eigenvalue weighted by atomic mass is 28.4. The van der Waals surface area contributed by atoms with Crippen LogP contribution >= 0.6 is 0 Å². The van der Waals surface area contributed by atoms with E-state index in [2.05, 4.69) is 31.5 Å². The molecule has 1 unspecified atom stereocenters. The summed E-state index contributed by atoms with van der Waals surface area (Å²) in [5.41, 5.74) is 0. The van der Waals surface area contributed by atoms with Gasteiger partial charge in [-0.15, -0.1) is 18.8 Å². The normalized spacial score (nSPS) is 13.2. The van der Waals surface area contributed by atoms with Gasteiger partial charge in [-0.05, 0) is 19.6 Å².